The van der Waals surface area contributed by atoms with Gasteiger partial charge in [0.05, 0.1) is 48.3 Å². The Morgan fingerprint density at radius 1 is 1.14 bits per heavy atom. The standard InChI is InChI=1S/C32H36Cl2FN3O5S/c1-2-40-10-11-41-12-13-44-37-32(39)20-8-9-27(26(35)15-20)38-17-21-14-22(38)16-28(21)42-18-23-30(36-43-31(23)19-6-7-19)29-24(33)4-3-5-25(29)34/h3-5,8-9,15,19,21-22,28H,2,6-7,10-14,16-18H2,1H3,(H,37,39)/t21-,22?,28?/m0/s1. The zero-order chi connectivity index (χ0) is 30.6. The number of benzene rings is 2. The number of aromatic nitrogens is 1. The number of carbonyl (C=O) groups excluding carboxylic acids is 1. The summed E-state index contributed by atoms with van der Waals surface area (Å²) in [5.74, 6) is 1.34. The minimum atomic E-state index is -0.397. The smallest absolute Gasteiger partial charge is 0.261 e. The highest BCUT2D eigenvalue weighted by atomic mass is 35.5. The van der Waals surface area contributed by atoms with E-state index in [1.165, 1.54) is 18.0 Å². The fourth-order valence-corrected chi connectivity index (χ4v) is 7.29. The van der Waals surface area contributed by atoms with E-state index in [-0.39, 0.29) is 29.5 Å². The van der Waals surface area contributed by atoms with Gasteiger partial charge in [0.15, 0.2) is 0 Å². The first-order chi connectivity index (χ1) is 21.4. The molecule has 2 heterocycles. The average molecular weight is 665 g/mol. The molecule has 1 aliphatic heterocycles. The largest absolute Gasteiger partial charge is 0.379 e. The molecule has 1 aromatic heterocycles. The van der Waals surface area contributed by atoms with Crippen LogP contribution in [0.3, 0.4) is 0 Å². The number of hydrogen-bond donors (Lipinski definition) is 1. The number of ether oxygens (including phenoxy) is 3. The first-order valence-corrected chi connectivity index (χ1v) is 16.9. The number of hydrogen-bond acceptors (Lipinski definition) is 8. The normalized spacial score (nSPS) is 20.9. The molecule has 0 radical (unpaired) electrons. The van der Waals surface area contributed by atoms with Crippen molar-refractivity contribution in [2.45, 2.75) is 57.3 Å². The van der Waals surface area contributed by atoms with Gasteiger partial charge >= 0.3 is 0 Å². The zero-order valence-electron chi connectivity index (χ0n) is 24.5. The van der Waals surface area contributed by atoms with E-state index in [2.05, 4.69) is 14.8 Å². The summed E-state index contributed by atoms with van der Waals surface area (Å²) < 4.78 is 41.0. The molecule has 236 valence electrons. The Morgan fingerprint density at radius 2 is 1.93 bits per heavy atom. The van der Waals surface area contributed by atoms with E-state index >= 15 is 4.39 Å². The second-order valence-corrected chi connectivity index (χ2v) is 13.1. The molecular weight excluding hydrogens is 628 g/mol. The van der Waals surface area contributed by atoms with Crippen LogP contribution in [0.2, 0.25) is 10.0 Å². The minimum absolute atomic E-state index is 0.0426. The number of piperidine rings is 1. The Kier molecular flexibility index (Phi) is 10.3. The molecule has 3 atom stereocenters. The summed E-state index contributed by atoms with van der Waals surface area (Å²) in [6.07, 6.45) is 3.90. The third-order valence-corrected chi connectivity index (χ3v) is 9.81. The average Bonchev–Trinajstić information content (AvgIpc) is 3.47. The van der Waals surface area contributed by atoms with E-state index in [0.717, 1.165) is 37.0 Å². The van der Waals surface area contributed by atoms with Crippen LogP contribution in [0, 0.1) is 11.7 Å². The van der Waals surface area contributed by atoms with Crippen LogP contribution in [0.4, 0.5) is 10.1 Å². The SMILES string of the molecule is CCOCCOCCSNC(=O)c1ccc(N2C[C@@H]3CC2CC3OCc2c(-c3c(Cl)cccc3Cl)noc2C2CC2)c(F)c1. The van der Waals surface area contributed by atoms with Crippen molar-refractivity contribution in [2.24, 2.45) is 5.92 Å². The lowest BCUT2D eigenvalue weighted by molar-refractivity contribution is 0.0122. The number of carbonyl (C=O) groups is 1. The van der Waals surface area contributed by atoms with Crippen LogP contribution in [0.1, 0.15) is 60.2 Å². The quantitative estimate of drug-likeness (QED) is 0.134. The van der Waals surface area contributed by atoms with E-state index in [1.807, 2.05) is 13.0 Å². The summed E-state index contributed by atoms with van der Waals surface area (Å²) >= 11 is 14.3. The van der Waals surface area contributed by atoms with Gasteiger partial charge in [0, 0.05) is 53.5 Å². The predicted octanol–water partition coefficient (Wildman–Crippen LogP) is 7.28. The van der Waals surface area contributed by atoms with Crippen molar-refractivity contribution in [1.82, 2.24) is 9.88 Å². The third kappa shape index (κ3) is 7.06. The molecule has 2 unspecified atom stereocenters. The maximum absolute atomic E-state index is 15.3. The summed E-state index contributed by atoms with van der Waals surface area (Å²) in [5.41, 5.74) is 3.03. The van der Waals surface area contributed by atoms with Crippen LogP contribution in [0.25, 0.3) is 11.3 Å². The first kappa shape index (κ1) is 31.6. The van der Waals surface area contributed by atoms with E-state index < -0.39 is 5.82 Å². The second-order valence-electron chi connectivity index (χ2n) is 11.4. The van der Waals surface area contributed by atoms with E-state index in [1.54, 1.807) is 24.3 Å². The number of nitrogens with one attached hydrogen (secondary N) is 1. The summed E-state index contributed by atoms with van der Waals surface area (Å²) in [5, 5.41) is 5.41. The molecule has 2 aromatic carbocycles. The van der Waals surface area contributed by atoms with Gasteiger partial charge in [-0.1, -0.05) is 34.4 Å². The van der Waals surface area contributed by atoms with E-state index in [0.29, 0.717) is 78.2 Å². The summed E-state index contributed by atoms with van der Waals surface area (Å²) in [7, 11) is 0. The predicted molar refractivity (Wildman–Crippen MR) is 170 cm³/mol. The molecule has 2 bridgehead atoms. The Balaban J connectivity index is 1.03. The van der Waals surface area contributed by atoms with Crippen LogP contribution < -0.4 is 9.62 Å². The number of rotatable bonds is 15. The highest BCUT2D eigenvalue weighted by molar-refractivity contribution is 7.97. The van der Waals surface area contributed by atoms with Gasteiger partial charge < -0.3 is 23.6 Å². The summed E-state index contributed by atoms with van der Waals surface area (Å²) in [6.45, 7) is 5.20. The molecule has 3 aromatic rings. The van der Waals surface area contributed by atoms with Crippen molar-refractivity contribution >= 4 is 46.7 Å². The molecule has 0 spiro atoms. The van der Waals surface area contributed by atoms with Crippen LogP contribution in [0.5, 0.6) is 0 Å². The summed E-state index contributed by atoms with van der Waals surface area (Å²) in [4.78, 5) is 14.7. The maximum Gasteiger partial charge on any atom is 0.261 e. The Labute approximate surface area is 271 Å². The Bertz CT molecular complexity index is 1450. The number of amides is 1. The van der Waals surface area contributed by atoms with E-state index in [4.69, 9.17) is 41.9 Å². The minimum Gasteiger partial charge on any atom is -0.379 e. The lowest BCUT2D eigenvalue weighted by atomic mass is 10.0. The van der Waals surface area contributed by atoms with Crippen molar-refractivity contribution in [1.29, 1.82) is 0 Å². The van der Waals surface area contributed by atoms with Crippen molar-refractivity contribution in [3.05, 3.63) is 69.1 Å². The molecule has 44 heavy (non-hydrogen) atoms. The van der Waals surface area contributed by atoms with Crippen LogP contribution in [0.15, 0.2) is 40.9 Å². The molecule has 1 N–H and O–H groups in total. The number of fused-ring (bicyclic) bond motifs is 2. The van der Waals surface area contributed by atoms with Crippen molar-refractivity contribution in [3.8, 4) is 11.3 Å². The van der Waals surface area contributed by atoms with Gasteiger partial charge in [0.2, 0.25) is 0 Å². The topological polar surface area (TPSA) is 86.1 Å². The lowest BCUT2D eigenvalue weighted by Gasteiger charge is -2.33. The van der Waals surface area contributed by atoms with Gasteiger partial charge in [0.1, 0.15) is 17.3 Å². The van der Waals surface area contributed by atoms with Gasteiger partial charge in [-0.3, -0.25) is 9.52 Å². The first-order valence-electron chi connectivity index (χ1n) is 15.1. The molecule has 12 heteroatoms. The van der Waals surface area contributed by atoms with E-state index in [9.17, 15) is 4.79 Å². The fraction of sp³-hybridized carbons (Fsp3) is 0.500. The maximum atomic E-state index is 15.3. The third-order valence-electron chi connectivity index (χ3n) is 8.48. The molecule has 1 saturated heterocycles. The van der Waals surface area contributed by atoms with Gasteiger partial charge in [-0.05, 0) is 74.9 Å². The van der Waals surface area contributed by atoms with Gasteiger partial charge in [-0.25, -0.2) is 4.39 Å². The molecule has 1 amide bonds. The monoisotopic (exact) mass is 663 g/mol. The van der Waals surface area contributed by atoms with Crippen LogP contribution in [-0.4, -0.2) is 61.9 Å². The van der Waals surface area contributed by atoms with Gasteiger partial charge in [-0.15, -0.1) is 0 Å². The molecule has 3 fully saturated rings. The van der Waals surface area contributed by atoms with Crippen LogP contribution in [-0.2, 0) is 20.8 Å². The highest BCUT2D eigenvalue weighted by Crippen LogP contribution is 2.47. The van der Waals surface area contributed by atoms with Crippen molar-refractivity contribution < 1.29 is 27.9 Å². The molecule has 8 nitrogen and oxygen atoms in total. The van der Waals surface area contributed by atoms with Crippen LogP contribution >= 0.6 is 35.1 Å². The van der Waals surface area contributed by atoms with Gasteiger partial charge in [-0.2, -0.15) is 0 Å². The fourth-order valence-electron chi connectivity index (χ4n) is 6.17. The zero-order valence-corrected chi connectivity index (χ0v) is 26.9. The van der Waals surface area contributed by atoms with Gasteiger partial charge in [0.25, 0.3) is 5.91 Å². The second kappa shape index (κ2) is 14.4. The number of anilines is 1. The Morgan fingerprint density at radius 3 is 2.64 bits per heavy atom. The Hall–Kier alpha value is -2.34. The number of halogens is 3. The molecular formula is C32H36Cl2FN3O5S. The molecule has 3 aliphatic rings. The lowest BCUT2D eigenvalue weighted by Crippen LogP contribution is -2.39. The highest BCUT2D eigenvalue weighted by Gasteiger charge is 2.46. The van der Waals surface area contributed by atoms with Crippen molar-refractivity contribution in [3.63, 3.8) is 0 Å². The molecule has 6 rings (SSSR count). The molecule has 2 saturated carbocycles. The summed E-state index contributed by atoms with van der Waals surface area (Å²) in [6, 6.07) is 10.3. The number of nitrogens with zero attached hydrogens (tertiary/aromatic N) is 2. The molecule has 2 aliphatic carbocycles. The van der Waals surface area contributed by atoms with Crippen molar-refractivity contribution in [2.75, 3.05) is 43.6 Å².